The van der Waals surface area contributed by atoms with Crippen LogP contribution in [0.5, 0.6) is 0 Å². The van der Waals surface area contributed by atoms with Crippen molar-refractivity contribution in [2.24, 2.45) is 0 Å². The highest BCUT2D eigenvalue weighted by Crippen LogP contribution is 2.21. The Hall–Kier alpha value is -3.10. The summed E-state index contributed by atoms with van der Waals surface area (Å²) in [6.45, 7) is 4.03. The lowest BCUT2D eigenvalue weighted by Gasteiger charge is -2.14. The molecule has 1 amide bonds. The fraction of sp³-hybridized carbons (Fsp3) is 0.353. The molecule has 9 heteroatoms. The number of carbonyl (C=O) groups excluding carboxylic acids is 1. The molecular weight excluding hydrogens is 339 g/mol. The van der Waals surface area contributed by atoms with Crippen molar-refractivity contribution in [3.63, 3.8) is 0 Å². The molecular formula is C17H19FN6O2. The van der Waals surface area contributed by atoms with Crippen molar-refractivity contribution < 1.29 is 13.7 Å². The van der Waals surface area contributed by atoms with E-state index in [0.717, 1.165) is 12.0 Å². The Labute approximate surface area is 149 Å². The molecule has 0 spiro atoms. The largest absolute Gasteiger partial charge is 0.343 e. The van der Waals surface area contributed by atoms with Gasteiger partial charge in [0.25, 0.3) is 5.91 Å². The van der Waals surface area contributed by atoms with Crippen molar-refractivity contribution in [1.82, 2.24) is 30.5 Å². The zero-order chi connectivity index (χ0) is 18.5. The SMILES string of the molecule is CCc1nc(CNC(=O)c2cn([C@H](CC)c3ccc(F)cc3)nn2)no1. The maximum atomic E-state index is 13.1. The summed E-state index contributed by atoms with van der Waals surface area (Å²) in [5.74, 6) is 0.244. The molecule has 1 N–H and O–H groups in total. The fourth-order valence-corrected chi connectivity index (χ4v) is 2.55. The first-order chi connectivity index (χ1) is 12.6. The van der Waals surface area contributed by atoms with Gasteiger partial charge in [-0.25, -0.2) is 9.07 Å². The number of aryl methyl sites for hydroxylation is 1. The molecule has 1 aromatic carbocycles. The number of hydrogen-bond donors (Lipinski definition) is 1. The Morgan fingerprint density at radius 3 is 2.73 bits per heavy atom. The summed E-state index contributed by atoms with van der Waals surface area (Å²) < 4.78 is 19.7. The van der Waals surface area contributed by atoms with Crippen LogP contribution in [0.2, 0.25) is 0 Å². The summed E-state index contributed by atoms with van der Waals surface area (Å²) in [6.07, 6.45) is 2.93. The van der Waals surface area contributed by atoms with E-state index in [9.17, 15) is 9.18 Å². The number of benzene rings is 1. The van der Waals surface area contributed by atoms with Crippen LogP contribution in [0, 0.1) is 5.82 Å². The molecule has 0 saturated heterocycles. The van der Waals surface area contributed by atoms with Gasteiger partial charge in [0.1, 0.15) is 5.82 Å². The average molecular weight is 358 g/mol. The summed E-state index contributed by atoms with van der Waals surface area (Å²) in [6, 6.07) is 6.07. The second-order valence-electron chi connectivity index (χ2n) is 5.70. The molecule has 136 valence electrons. The molecule has 0 fully saturated rings. The van der Waals surface area contributed by atoms with E-state index in [1.165, 1.54) is 12.1 Å². The molecule has 3 aromatic rings. The Morgan fingerprint density at radius 1 is 1.31 bits per heavy atom. The molecule has 0 bridgehead atoms. The van der Waals surface area contributed by atoms with Gasteiger partial charge < -0.3 is 9.84 Å². The van der Waals surface area contributed by atoms with Crippen LogP contribution in [0.25, 0.3) is 0 Å². The quantitative estimate of drug-likeness (QED) is 0.696. The minimum absolute atomic E-state index is 0.131. The summed E-state index contributed by atoms with van der Waals surface area (Å²) in [5, 5.41) is 14.4. The van der Waals surface area contributed by atoms with Crippen LogP contribution in [0.15, 0.2) is 35.0 Å². The molecule has 0 aliphatic heterocycles. The van der Waals surface area contributed by atoms with E-state index in [-0.39, 0.29) is 30.0 Å². The molecule has 3 rings (SSSR count). The second kappa shape index (κ2) is 7.85. The molecule has 0 aliphatic rings. The van der Waals surface area contributed by atoms with Gasteiger partial charge in [0.15, 0.2) is 11.5 Å². The zero-order valence-electron chi connectivity index (χ0n) is 14.5. The summed E-state index contributed by atoms with van der Waals surface area (Å²) >= 11 is 0. The van der Waals surface area contributed by atoms with E-state index >= 15 is 0 Å². The van der Waals surface area contributed by atoms with E-state index in [1.807, 2.05) is 13.8 Å². The van der Waals surface area contributed by atoms with Gasteiger partial charge in [-0.1, -0.05) is 36.4 Å². The lowest BCUT2D eigenvalue weighted by molar-refractivity contribution is 0.0944. The highest BCUT2D eigenvalue weighted by molar-refractivity contribution is 5.91. The van der Waals surface area contributed by atoms with Crippen LogP contribution in [0.3, 0.4) is 0 Å². The van der Waals surface area contributed by atoms with Gasteiger partial charge in [0.2, 0.25) is 5.89 Å². The first kappa shape index (κ1) is 17.7. The lowest BCUT2D eigenvalue weighted by Crippen LogP contribution is -2.23. The van der Waals surface area contributed by atoms with Crippen molar-refractivity contribution >= 4 is 5.91 Å². The van der Waals surface area contributed by atoms with E-state index in [1.54, 1.807) is 23.0 Å². The van der Waals surface area contributed by atoms with Crippen LogP contribution in [0.4, 0.5) is 4.39 Å². The van der Waals surface area contributed by atoms with E-state index in [2.05, 4.69) is 25.8 Å². The Balaban J connectivity index is 1.67. The number of aromatic nitrogens is 5. The van der Waals surface area contributed by atoms with Gasteiger partial charge in [0.05, 0.1) is 18.8 Å². The van der Waals surface area contributed by atoms with Gasteiger partial charge in [-0.05, 0) is 24.1 Å². The van der Waals surface area contributed by atoms with Gasteiger partial charge in [0, 0.05) is 6.42 Å². The van der Waals surface area contributed by atoms with E-state index in [0.29, 0.717) is 18.1 Å². The van der Waals surface area contributed by atoms with E-state index < -0.39 is 0 Å². The van der Waals surface area contributed by atoms with Crippen molar-refractivity contribution in [3.8, 4) is 0 Å². The minimum Gasteiger partial charge on any atom is -0.343 e. The van der Waals surface area contributed by atoms with Gasteiger partial charge >= 0.3 is 0 Å². The molecule has 8 nitrogen and oxygen atoms in total. The van der Waals surface area contributed by atoms with Crippen molar-refractivity contribution in [3.05, 3.63) is 59.3 Å². The summed E-state index contributed by atoms with van der Waals surface area (Å²) in [4.78, 5) is 16.4. The first-order valence-electron chi connectivity index (χ1n) is 8.37. The predicted molar refractivity (Wildman–Crippen MR) is 89.7 cm³/mol. The Morgan fingerprint density at radius 2 is 2.08 bits per heavy atom. The average Bonchev–Trinajstić information content (AvgIpc) is 3.31. The number of nitrogens with one attached hydrogen (secondary N) is 1. The molecule has 26 heavy (non-hydrogen) atoms. The third-order valence-corrected chi connectivity index (χ3v) is 3.92. The maximum Gasteiger partial charge on any atom is 0.273 e. The molecule has 0 radical (unpaired) electrons. The number of hydrogen-bond acceptors (Lipinski definition) is 6. The molecule has 2 aromatic heterocycles. The topological polar surface area (TPSA) is 98.7 Å². The maximum absolute atomic E-state index is 13.1. The molecule has 0 saturated carbocycles. The molecule has 2 heterocycles. The van der Waals surface area contributed by atoms with Crippen molar-refractivity contribution in [2.45, 2.75) is 39.3 Å². The smallest absolute Gasteiger partial charge is 0.273 e. The summed E-state index contributed by atoms with van der Waals surface area (Å²) in [5.41, 5.74) is 1.08. The third kappa shape index (κ3) is 3.93. The first-order valence-corrected chi connectivity index (χ1v) is 8.37. The number of rotatable bonds is 7. The minimum atomic E-state index is -0.381. The van der Waals surface area contributed by atoms with E-state index in [4.69, 9.17) is 4.52 Å². The third-order valence-electron chi connectivity index (χ3n) is 3.92. The van der Waals surface area contributed by atoms with Crippen LogP contribution in [-0.4, -0.2) is 31.0 Å². The van der Waals surface area contributed by atoms with Crippen LogP contribution < -0.4 is 5.32 Å². The van der Waals surface area contributed by atoms with Crippen molar-refractivity contribution in [1.29, 1.82) is 0 Å². The van der Waals surface area contributed by atoms with Crippen LogP contribution in [-0.2, 0) is 13.0 Å². The molecule has 0 unspecified atom stereocenters. The monoisotopic (exact) mass is 358 g/mol. The Kier molecular flexibility index (Phi) is 5.35. The highest BCUT2D eigenvalue weighted by Gasteiger charge is 2.17. The standard InChI is InChI=1S/C17H19FN6O2/c1-3-14(11-5-7-12(18)8-6-11)24-10-13(21-23-24)17(25)19-9-15-20-16(4-2)26-22-15/h5-8,10,14H,3-4,9H2,1-2H3,(H,19,25)/t14-/m1/s1. The Bertz CT molecular complexity index is 874. The molecule has 1 atom stereocenters. The predicted octanol–water partition coefficient (Wildman–Crippen LogP) is 2.29. The molecule has 0 aliphatic carbocycles. The number of nitrogens with zero attached hydrogens (tertiary/aromatic N) is 5. The highest BCUT2D eigenvalue weighted by atomic mass is 19.1. The van der Waals surface area contributed by atoms with Crippen molar-refractivity contribution in [2.75, 3.05) is 0 Å². The van der Waals surface area contributed by atoms with Gasteiger partial charge in [-0.2, -0.15) is 4.98 Å². The summed E-state index contributed by atoms with van der Waals surface area (Å²) in [7, 11) is 0. The lowest BCUT2D eigenvalue weighted by atomic mass is 10.0. The number of carbonyl (C=O) groups is 1. The van der Waals surface area contributed by atoms with Gasteiger partial charge in [-0.3, -0.25) is 4.79 Å². The van der Waals surface area contributed by atoms with Crippen LogP contribution in [0.1, 0.15) is 54.1 Å². The van der Waals surface area contributed by atoms with Gasteiger partial charge in [-0.15, -0.1) is 5.10 Å². The number of halogens is 1. The second-order valence-corrected chi connectivity index (χ2v) is 5.70. The van der Waals surface area contributed by atoms with Crippen LogP contribution >= 0.6 is 0 Å². The normalized spacial score (nSPS) is 12.1. The fourth-order valence-electron chi connectivity index (χ4n) is 2.55. The zero-order valence-corrected chi connectivity index (χ0v) is 14.5. The number of amides is 1.